The molecule has 2 aromatic carbocycles. The van der Waals surface area contributed by atoms with E-state index in [4.69, 9.17) is 4.98 Å². The zero-order valence-electron chi connectivity index (χ0n) is 21.7. The molecule has 7 heteroatoms. The first-order chi connectivity index (χ1) is 18.5. The number of aromatic nitrogens is 3. The van der Waals surface area contributed by atoms with Gasteiger partial charge in [-0.15, -0.1) is 0 Å². The predicted octanol–water partition coefficient (Wildman–Crippen LogP) is 4.42. The largest absolute Gasteiger partial charge is 0.314 e. The van der Waals surface area contributed by atoms with Crippen LogP contribution in [0.5, 0.6) is 0 Å². The maximum absolute atomic E-state index is 12.3. The fourth-order valence-electron chi connectivity index (χ4n) is 5.00. The summed E-state index contributed by atoms with van der Waals surface area (Å²) in [5.74, 6) is -0.282. The Balaban J connectivity index is 1.68. The molecule has 5 rings (SSSR count). The van der Waals surface area contributed by atoms with E-state index in [1.165, 1.54) is 16.7 Å². The van der Waals surface area contributed by atoms with Crippen LogP contribution in [-0.4, -0.2) is 46.7 Å². The Morgan fingerprint density at radius 3 is 2.58 bits per heavy atom. The van der Waals surface area contributed by atoms with Crippen LogP contribution in [0.3, 0.4) is 0 Å². The summed E-state index contributed by atoms with van der Waals surface area (Å²) in [5.41, 5.74) is 9.39. The summed E-state index contributed by atoms with van der Waals surface area (Å²) in [7, 11) is 0. The lowest BCUT2D eigenvalue weighted by Crippen LogP contribution is -2.43. The van der Waals surface area contributed by atoms with Crippen molar-refractivity contribution in [1.82, 2.24) is 25.6 Å². The van der Waals surface area contributed by atoms with Gasteiger partial charge in [0.25, 0.3) is 0 Å². The first-order valence-corrected chi connectivity index (χ1v) is 12.9. The first-order valence-electron chi connectivity index (χ1n) is 12.9. The molecule has 0 aliphatic carbocycles. The Morgan fingerprint density at radius 1 is 1.00 bits per heavy atom. The van der Waals surface area contributed by atoms with E-state index in [1.54, 1.807) is 12.3 Å². The van der Waals surface area contributed by atoms with Crippen LogP contribution in [0.2, 0.25) is 0 Å². The van der Waals surface area contributed by atoms with E-state index in [0.717, 1.165) is 59.7 Å². The van der Waals surface area contributed by atoms with Crippen LogP contribution in [0, 0.1) is 13.8 Å². The number of aldehydes is 1. The molecule has 38 heavy (non-hydrogen) atoms. The smallest absolute Gasteiger partial charge is 0.188 e. The van der Waals surface area contributed by atoms with E-state index >= 15 is 0 Å². The summed E-state index contributed by atoms with van der Waals surface area (Å²) >= 11 is 0. The molecule has 0 radical (unpaired) electrons. The average Bonchev–Trinajstić information content (AvgIpc) is 2.95. The molecule has 2 aromatic heterocycles. The van der Waals surface area contributed by atoms with Crippen molar-refractivity contribution in [3.8, 4) is 22.4 Å². The van der Waals surface area contributed by atoms with Crippen LogP contribution in [0.25, 0.3) is 22.4 Å². The second kappa shape index (κ2) is 11.5. The number of hydrogen-bond acceptors (Lipinski definition) is 7. The summed E-state index contributed by atoms with van der Waals surface area (Å²) in [4.78, 5) is 37.3. The third-order valence-electron chi connectivity index (χ3n) is 7.03. The highest BCUT2D eigenvalue weighted by Gasteiger charge is 2.22. The number of nitrogens with one attached hydrogen (secondary N) is 2. The first kappa shape index (κ1) is 25.6. The summed E-state index contributed by atoms with van der Waals surface area (Å²) in [5, 5.41) is 6.96. The number of ketones is 1. The highest BCUT2D eigenvalue weighted by Crippen LogP contribution is 2.38. The van der Waals surface area contributed by atoms with Crippen molar-refractivity contribution in [2.75, 3.05) is 19.6 Å². The molecule has 4 aromatic rings. The van der Waals surface area contributed by atoms with E-state index in [1.807, 2.05) is 25.4 Å². The van der Waals surface area contributed by atoms with Gasteiger partial charge in [0.05, 0.1) is 36.2 Å². The van der Waals surface area contributed by atoms with Crippen molar-refractivity contribution in [3.63, 3.8) is 0 Å². The van der Waals surface area contributed by atoms with Gasteiger partial charge in [-0.1, -0.05) is 42.5 Å². The molecule has 3 heterocycles. The van der Waals surface area contributed by atoms with Gasteiger partial charge in [0.15, 0.2) is 5.78 Å². The highest BCUT2D eigenvalue weighted by atomic mass is 16.1. The van der Waals surface area contributed by atoms with Crippen LogP contribution in [-0.2, 0) is 11.2 Å². The summed E-state index contributed by atoms with van der Waals surface area (Å²) in [6, 6.07) is 16.5. The molecule has 192 valence electrons. The number of aryl methyl sites for hydroxylation is 2. The number of piperazine rings is 1. The van der Waals surface area contributed by atoms with Gasteiger partial charge in [0.2, 0.25) is 0 Å². The molecule has 1 unspecified atom stereocenters. The van der Waals surface area contributed by atoms with E-state index < -0.39 is 0 Å². The minimum atomic E-state index is -0.282. The molecule has 0 bridgehead atoms. The van der Waals surface area contributed by atoms with Crippen molar-refractivity contribution in [3.05, 3.63) is 101 Å². The van der Waals surface area contributed by atoms with E-state index in [-0.39, 0.29) is 18.2 Å². The Labute approximate surface area is 222 Å². The fraction of sp³-hybridized carbons (Fsp3) is 0.258. The monoisotopic (exact) mass is 505 g/mol. The van der Waals surface area contributed by atoms with E-state index in [2.05, 4.69) is 63.9 Å². The lowest BCUT2D eigenvalue weighted by Gasteiger charge is -2.24. The Hall–Kier alpha value is -4.07. The van der Waals surface area contributed by atoms with E-state index in [9.17, 15) is 9.59 Å². The molecular weight excluding hydrogens is 474 g/mol. The van der Waals surface area contributed by atoms with Crippen molar-refractivity contribution < 1.29 is 9.59 Å². The molecule has 0 amide bonds. The Bertz CT molecular complexity index is 1460. The molecule has 1 saturated heterocycles. The number of nitrogens with zero attached hydrogens (tertiary/aromatic N) is 3. The van der Waals surface area contributed by atoms with Gasteiger partial charge in [-0.05, 0) is 54.2 Å². The quantitative estimate of drug-likeness (QED) is 0.208. The Morgan fingerprint density at radius 2 is 1.84 bits per heavy atom. The van der Waals surface area contributed by atoms with Crippen LogP contribution in [0.1, 0.15) is 50.9 Å². The normalized spacial score (nSPS) is 15.3. The predicted molar refractivity (Wildman–Crippen MR) is 148 cm³/mol. The molecule has 1 atom stereocenters. The maximum Gasteiger partial charge on any atom is 0.188 e. The minimum absolute atomic E-state index is 0.0913. The molecular formula is C31H31N5O2. The zero-order chi connectivity index (χ0) is 26.5. The third-order valence-corrected chi connectivity index (χ3v) is 7.03. The van der Waals surface area contributed by atoms with Gasteiger partial charge in [0, 0.05) is 37.0 Å². The van der Waals surface area contributed by atoms with Crippen LogP contribution >= 0.6 is 0 Å². The van der Waals surface area contributed by atoms with E-state index in [0.29, 0.717) is 12.0 Å². The van der Waals surface area contributed by atoms with Gasteiger partial charge in [-0.3, -0.25) is 14.8 Å². The van der Waals surface area contributed by atoms with Crippen LogP contribution in [0.15, 0.2) is 67.1 Å². The minimum Gasteiger partial charge on any atom is -0.314 e. The van der Waals surface area contributed by atoms with Gasteiger partial charge in [0.1, 0.15) is 12.0 Å². The van der Waals surface area contributed by atoms with Crippen molar-refractivity contribution in [2.24, 2.45) is 0 Å². The summed E-state index contributed by atoms with van der Waals surface area (Å²) in [6.07, 6.45) is 6.59. The molecule has 7 nitrogen and oxygen atoms in total. The number of hydrogen-bond donors (Lipinski definition) is 2. The SMILES string of the molecule is Cc1cc(C(=O)CC=O)ncc1-c1ccc(C)c(Cc2ccccc2)c1-c1cncc(C2CNCCN2)n1. The number of benzene rings is 2. The third kappa shape index (κ3) is 5.44. The van der Waals surface area contributed by atoms with Gasteiger partial charge in [-0.2, -0.15) is 0 Å². The standard InChI is InChI=1S/C31H31N5O2/c1-20-8-9-23(25-16-35-26(14-21(25)2)30(38)10-13-37)31(24(20)15-22-6-4-3-5-7-22)29-19-33-18-28(36-29)27-17-32-11-12-34-27/h3-9,13-14,16,18-19,27,32,34H,10-12,15,17H2,1-2H3. The molecule has 2 N–H and O–H groups in total. The fourth-order valence-corrected chi connectivity index (χ4v) is 5.00. The topological polar surface area (TPSA) is 96.9 Å². The molecule has 1 fully saturated rings. The number of carbonyl (C=O) groups is 2. The molecule has 1 aliphatic rings. The van der Waals surface area contributed by atoms with Gasteiger partial charge >= 0.3 is 0 Å². The van der Waals surface area contributed by atoms with Crippen molar-refractivity contribution in [2.45, 2.75) is 32.7 Å². The lowest BCUT2D eigenvalue weighted by atomic mass is 9.86. The number of carbonyl (C=O) groups excluding carboxylic acids is 2. The van der Waals surface area contributed by atoms with Gasteiger partial charge < -0.3 is 15.4 Å². The van der Waals surface area contributed by atoms with Gasteiger partial charge in [-0.25, -0.2) is 4.98 Å². The summed E-state index contributed by atoms with van der Waals surface area (Å²) in [6.45, 7) is 6.71. The van der Waals surface area contributed by atoms with Crippen LogP contribution < -0.4 is 10.6 Å². The number of Topliss-reactive ketones (excluding diaryl/α,β-unsaturated/α-hetero) is 1. The van der Waals surface area contributed by atoms with Crippen LogP contribution in [0.4, 0.5) is 0 Å². The maximum atomic E-state index is 12.3. The second-order valence-corrected chi connectivity index (χ2v) is 9.66. The second-order valence-electron chi connectivity index (χ2n) is 9.66. The molecule has 0 saturated carbocycles. The average molecular weight is 506 g/mol. The lowest BCUT2D eigenvalue weighted by molar-refractivity contribution is -0.107. The zero-order valence-corrected chi connectivity index (χ0v) is 21.7. The molecule has 1 aliphatic heterocycles. The number of pyridine rings is 1. The number of rotatable bonds is 8. The Kier molecular flexibility index (Phi) is 7.77. The molecule has 0 spiro atoms. The van der Waals surface area contributed by atoms with Crippen molar-refractivity contribution in [1.29, 1.82) is 0 Å². The summed E-state index contributed by atoms with van der Waals surface area (Å²) < 4.78 is 0. The van der Waals surface area contributed by atoms with Crippen molar-refractivity contribution >= 4 is 12.1 Å². The highest BCUT2D eigenvalue weighted by molar-refractivity contribution is 6.01.